The summed E-state index contributed by atoms with van der Waals surface area (Å²) in [6.07, 6.45) is 0.298. The van der Waals surface area contributed by atoms with E-state index in [9.17, 15) is 9.59 Å². The van der Waals surface area contributed by atoms with Crippen molar-refractivity contribution < 1.29 is 23.8 Å². The minimum Gasteiger partial charge on any atom is -0.496 e. The van der Waals surface area contributed by atoms with Crippen LogP contribution in [0.4, 0.5) is 0 Å². The molecule has 3 aromatic rings. The number of carbonyl (C=O) groups is 2. The van der Waals surface area contributed by atoms with E-state index < -0.39 is 17.5 Å². The Hall–Kier alpha value is -3.42. The van der Waals surface area contributed by atoms with Gasteiger partial charge in [0.05, 0.1) is 14.2 Å². The number of ether oxygens (including phenoxy) is 3. The number of rotatable bonds is 11. The molecule has 0 spiro atoms. The SMILES string of the molecule is COc1cc(OC)cc(OCC(=O)N(Cc2ccc(Cl)cc2Cl)[C@H](Cc2ccccc2)C(=O)NC(C)(C)C)c1. The number of nitrogens with zero attached hydrogens (tertiary/aromatic N) is 1. The molecule has 3 rings (SSSR count). The van der Waals surface area contributed by atoms with E-state index in [4.69, 9.17) is 37.4 Å². The Bertz CT molecular complexity index is 1260. The van der Waals surface area contributed by atoms with E-state index in [0.717, 1.165) is 5.56 Å². The number of methoxy groups -OCH3 is 2. The summed E-state index contributed by atoms with van der Waals surface area (Å²) in [4.78, 5) is 28.9. The van der Waals surface area contributed by atoms with Gasteiger partial charge in [-0.2, -0.15) is 0 Å². The van der Waals surface area contributed by atoms with Crippen molar-refractivity contribution in [2.75, 3.05) is 20.8 Å². The zero-order valence-corrected chi connectivity index (χ0v) is 24.3. The normalized spacial score (nSPS) is 11.9. The molecule has 2 amide bonds. The van der Waals surface area contributed by atoms with Crippen LogP contribution in [0.3, 0.4) is 0 Å². The molecule has 0 aliphatic rings. The summed E-state index contributed by atoms with van der Waals surface area (Å²) in [7, 11) is 3.06. The second-order valence-electron chi connectivity index (χ2n) is 10.0. The van der Waals surface area contributed by atoms with Crippen molar-refractivity contribution in [3.63, 3.8) is 0 Å². The third kappa shape index (κ3) is 9.08. The van der Waals surface area contributed by atoms with Gasteiger partial charge < -0.3 is 24.4 Å². The third-order valence-corrected chi connectivity index (χ3v) is 6.40. The molecule has 0 saturated carbocycles. The van der Waals surface area contributed by atoms with Crippen LogP contribution < -0.4 is 19.5 Å². The van der Waals surface area contributed by atoms with Crippen LogP contribution in [-0.4, -0.2) is 49.1 Å². The maximum absolute atomic E-state index is 13.8. The third-order valence-electron chi connectivity index (χ3n) is 5.81. The minimum absolute atomic E-state index is 0.0781. The second-order valence-corrected chi connectivity index (χ2v) is 10.9. The van der Waals surface area contributed by atoms with Crippen LogP contribution in [0.15, 0.2) is 66.7 Å². The zero-order chi connectivity index (χ0) is 28.6. The Morgan fingerprint density at radius 2 is 1.51 bits per heavy atom. The molecule has 0 unspecified atom stereocenters. The van der Waals surface area contributed by atoms with Crippen molar-refractivity contribution in [3.8, 4) is 17.2 Å². The number of benzene rings is 3. The number of hydrogen-bond donors (Lipinski definition) is 1. The van der Waals surface area contributed by atoms with E-state index >= 15 is 0 Å². The van der Waals surface area contributed by atoms with Crippen molar-refractivity contribution in [2.45, 2.75) is 45.3 Å². The summed E-state index contributed by atoms with van der Waals surface area (Å²) in [5.74, 6) is 0.754. The highest BCUT2D eigenvalue weighted by Gasteiger charge is 2.33. The largest absolute Gasteiger partial charge is 0.496 e. The molecule has 0 aromatic heterocycles. The molecule has 0 bridgehead atoms. The lowest BCUT2D eigenvalue weighted by Crippen LogP contribution is -2.55. The molecule has 9 heteroatoms. The smallest absolute Gasteiger partial charge is 0.261 e. The molecule has 3 aromatic carbocycles. The molecular weight excluding hydrogens is 539 g/mol. The highest BCUT2D eigenvalue weighted by atomic mass is 35.5. The first-order valence-corrected chi connectivity index (χ1v) is 13.2. The Labute approximate surface area is 240 Å². The van der Waals surface area contributed by atoms with Crippen molar-refractivity contribution in [1.82, 2.24) is 10.2 Å². The molecule has 1 atom stereocenters. The lowest BCUT2D eigenvalue weighted by molar-refractivity contribution is -0.143. The number of hydrogen-bond acceptors (Lipinski definition) is 5. The van der Waals surface area contributed by atoms with E-state index in [2.05, 4.69) is 5.32 Å². The highest BCUT2D eigenvalue weighted by Crippen LogP contribution is 2.28. The van der Waals surface area contributed by atoms with Gasteiger partial charge in [0, 0.05) is 46.7 Å². The summed E-state index contributed by atoms with van der Waals surface area (Å²) in [6.45, 7) is 5.44. The summed E-state index contributed by atoms with van der Waals surface area (Å²) in [5.41, 5.74) is 1.05. The first kappa shape index (κ1) is 30.1. The topological polar surface area (TPSA) is 77.1 Å². The average Bonchev–Trinajstić information content (AvgIpc) is 2.89. The fraction of sp³-hybridized carbons (Fsp3) is 0.333. The van der Waals surface area contributed by atoms with Crippen LogP contribution in [0.2, 0.25) is 10.0 Å². The van der Waals surface area contributed by atoms with Crippen LogP contribution >= 0.6 is 23.2 Å². The molecule has 39 heavy (non-hydrogen) atoms. The van der Waals surface area contributed by atoms with E-state index in [0.29, 0.717) is 39.3 Å². The number of nitrogens with one attached hydrogen (secondary N) is 1. The molecule has 0 aliphatic heterocycles. The number of carbonyl (C=O) groups excluding carboxylic acids is 2. The van der Waals surface area contributed by atoms with Crippen LogP contribution in [-0.2, 0) is 22.6 Å². The van der Waals surface area contributed by atoms with Gasteiger partial charge in [-0.25, -0.2) is 0 Å². The van der Waals surface area contributed by atoms with Crippen molar-refractivity contribution in [3.05, 3.63) is 87.9 Å². The van der Waals surface area contributed by atoms with Gasteiger partial charge in [0.1, 0.15) is 23.3 Å². The van der Waals surface area contributed by atoms with Crippen LogP contribution in [0, 0.1) is 0 Å². The van der Waals surface area contributed by atoms with Gasteiger partial charge in [-0.3, -0.25) is 9.59 Å². The molecule has 7 nitrogen and oxygen atoms in total. The molecule has 0 heterocycles. The number of halogens is 2. The van der Waals surface area contributed by atoms with Gasteiger partial charge in [-0.15, -0.1) is 0 Å². The van der Waals surface area contributed by atoms with Gasteiger partial charge in [-0.1, -0.05) is 59.6 Å². The van der Waals surface area contributed by atoms with Gasteiger partial charge in [-0.05, 0) is 44.0 Å². The lowest BCUT2D eigenvalue weighted by atomic mass is 10.0. The van der Waals surface area contributed by atoms with E-state index in [1.54, 1.807) is 36.4 Å². The maximum Gasteiger partial charge on any atom is 0.261 e. The summed E-state index contributed by atoms with van der Waals surface area (Å²) < 4.78 is 16.5. The first-order chi connectivity index (χ1) is 18.5. The molecular formula is C30H34Cl2N2O5. The summed E-state index contributed by atoms with van der Waals surface area (Å²) in [5, 5.41) is 3.90. The fourth-order valence-corrected chi connectivity index (χ4v) is 4.40. The Balaban J connectivity index is 1.97. The van der Waals surface area contributed by atoms with Crippen LogP contribution in [0.1, 0.15) is 31.9 Å². The second kappa shape index (κ2) is 13.6. The Morgan fingerprint density at radius 1 is 0.897 bits per heavy atom. The molecule has 0 fully saturated rings. The standard InChI is InChI=1S/C30H34Cl2N2O5/c1-30(2,3)33-29(36)27(13-20-9-7-6-8-10-20)34(18-21-11-12-22(31)14-26(21)32)28(35)19-39-25-16-23(37-4)15-24(17-25)38-5/h6-12,14-17,27H,13,18-19H2,1-5H3,(H,33,36)/t27-/m1/s1. The average molecular weight is 574 g/mol. The van der Waals surface area contributed by atoms with Crippen molar-refractivity contribution in [2.24, 2.45) is 0 Å². The fourth-order valence-electron chi connectivity index (χ4n) is 3.93. The van der Waals surface area contributed by atoms with Crippen molar-refractivity contribution >= 4 is 35.0 Å². The quantitative estimate of drug-likeness (QED) is 0.307. The van der Waals surface area contributed by atoms with E-state index in [1.807, 2.05) is 51.1 Å². The van der Waals surface area contributed by atoms with Crippen molar-refractivity contribution in [1.29, 1.82) is 0 Å². The summed E-state index contributed by atoms with van der Waals surface area (Å²) in [6, 6.07) is 18.8. The molecule has 0 saturated heterocycles. The molecule has 0 radical (unpaired) electrons. The van der Waals surface area contributed by atoms with Gasteiger partial charge in [0.25, 0.3) is 5.91 Å². The highest BCUT2D eigenvalue weighted by molar-refractivity contribution is 6.35. The minimum atomic E-state index is -0.839. The van der Waals surface area contributed by atoms with Gasteiger partial charge in [0.15, 0.2) is 6.61 Å². The summed E-state index contributed by atoms with van der Waals surface area (Å²) >= 11 is 12.6. The Kier molecular flexibility index (Phi) is 10.5. The monoisotopic (exact) mass is 572 g/mol. The lowest BCUT2D eigenvalue weighted by Gasteiger charge is -2.34. The first-order valence-electron chi connectivity index (χ1n) is 12.4. The van der Waals surface area contributed by atoms with Gasteiger partial charge in [0.2, 0.25) is 5.91 Å². The van der Waals surface area contributed by atoms with E-state index in [1.165, 1.54) is 19.1 Å². The predicted molar refractivity (Wildman–Crippen MR) is 154 cm³/mol. The Morgan fingerprint density at radius 3 is 2.08 bits per heavy atom. The molecule has 0 aliphatic carbocycles. The predicted octanol–water partition coefficient (Wildman–Crippen LogP) is 5.94. The molecule has 208 valence electrons. The van der Waals surface area contributed by atoms with Crippen LogP contribution in [0.25, 0.3) is 0 Å². The zero-order valence-electron chi connectivity index (χ0n) is 22.8. The molecule has 1 N–H and O–H groups in total. The van der Waals surface area contributed by atoms with Crippen LogP contribution in [0.5, 0.6) is 17.2 Å². The number of amides is 2. The van der Waals surface area contributed by atoms with Gasteiger partial charge >= 0.3 is 0 Å². The van der Waals surface area contributed by atoms with E-state index in [-0.39, 0.29) is 19.1 Å². The maximum atomic E-state index is 13.8.